The van der Waals surface area contributed by atoms with E-state index >= 15 is 0 Å². The summed E-state index contributed by atoms with van der Waals surface area (Å²) in [6, 6.07) is 9.24. The van der Waals surface area contributed by atoms with E-state index in [1.54, 1.807) is 12.1 Å². The molecule has 0 aliphatic heterocycles. The first kappa shape index (κ1) is 17.7. The van der Waals surface area contributed by atoms with Crippen LogP contribution in [0.5, 0.6) is 5.75 Å². The van der Waals surface area contributed by atoms with Gasteiger partial charge in [-0.2, -0.15) is 0 Å². The van der Waals surface area contributed by atoms with Crippen LogP contribution in [-0.2, 0) is 16.4 Å². The van der Waals surface area contributed by atoms with Crippen molar-refractivity contribution in [2.45, 2.75) is 18.2 Å². The molecule has 0 atom stereocenters. The van der Waals surface area contributed by atoms with Gasteiger partial charge in [-0.15, -0.1) is 0 Å². The molecular formula is C17H16N2O6S. The number of hydrogen-bond acceptors (Lipinski definition) is 6. The van der Waals surface area contributed by atoms with Gasteiger partial charge in [0.25, 0.3) is 10.0 Å². The van der Waals surface area contributed by atoms with E-state index in [1.807, 2.05) is 6.92 Å². The third kappa shape index (κ3) is 3.08. The summed E-state index contributed by atoms with van der Waals surface area (Å²) in [6.45, 7) is 1.91. The first-order valence-corrected chi connectivity index (χ1v) is 9.17. The maximum Gasteiger partial charge on any atom is 0.339 e. The lowest BCUT2D eigenvalue weighted by atomic mass is 10.1. The number of ether oxygens (including phenoxy) is 1. The van der Waals surface area contributed by atoms with Crippen LogP contribution in [0.3, 0.4) is 0 Å². The van der Waals surface area contributed by atoms with Crippen LogP contribution >= 0.6 is 0 Å². The molecule has 0 aliphatic rings. The van der Waals surface area contributed by atoms with Gasteiger partial charge in [-0.3, -0.25) is 4.72 Å². The Bertz CT molecular complexity index is 1090. The van der Waals surface area contributed by atoms with E-state index in [-0.39, 0.29) is 33.0 Å². The molecule has 0 bridgehead atoms. The minimum absolute atomic E-state index is 0.00743. The Morgan fingerprint density at radius 3 is 2.73 bits per heavy atom. The molecule has 0 saturated heterocycles. The highest BCUT2D eigenvalue weighted by atomic mass is 32.2. The monoisotopic (exact) mass is 376 g/mol. The molecule has 136 valence electrons. The first-order valence-electron chi connectivity index (χ1n) is 7.68. The Morgan fingerprint density at radius 2 is 2.08 bits per heavy atom. The molecule has 1 heterocycles. The van der Waals surface area contributed by atoms with Gasteiger partial charge < -0.3 is 14.4 Å². The average Bonchev–Trinajstić information content (AvgIpc) is 3.03. The van der Waals surface area contributed by atoms with Crippen LogP contribution in [0.25, 0.3) is 11.0 Å². The van der Waals surface area contributed by atoms with Crippen molar-refractivity contribution in [3.05, 3.63) is 47.5 Å². The Labute approximate surface area is 149 Å². The second kappa shape index (κ2) is 6.68. The third-order valence-corrected chi connectivity index (χ3v) is 5.25. The van der Waals surface area contributed by atoms with Crippen LogP contribution < -0.4 is 9.46 Å². The maximum absolute atomic E-state index is 12.8. The van der Waals surface area contributed by atoms with Crippen LogP contribution in [0.15, 0.2) is 45.8 Å². The number of methoxy groups -OCH3 is 1. The van der Waals surface area contributed by atoms with Gasteiger partial charge in [-0.1, -0.05) is 24.2 Å². The molecule has 8 nitrogen and oxygen atoms in total. The van der Waals surface area contributed by atoms with Crippen molar-refractivity contribution in [1.29, 1.82) is 0 Å². The number of nitrogens with one attached hydrogen (secondary N) is 1. The standard InChI is InChI=1S/C17H16N2O6S/c1-3-10-7-8-13(24-2)14(9-10)26(22,23)19-16-11-5-4-6-12(17(20)21)15(11)25-18-16/h4-9H,3H2,1-2H3,(H,18,19)(H,20,21). The summed E-state index contributed by atoms with van der Waals surface area (Å²) in [4.78, 5) is 11.2. The van der Waals surface area contributed by atoms with Crippen molar-refractivity contribution in [3.63, 3.8) is 0 Å². The number of aromatic carboxylic acids is 1. The quantitative estimate of drug-likeness (QED) is 0.679. The summed E-state index contributed by atoms with van der Waals surface area (Å²) < 4.78 is 38.2. The fourth-order valence-corrected chi connectivity index (χ4v) is 3.77. The van der Waals surface area contributed by atoms with Gasteiger partial charge in [-0.05, 0) is 36.2 Å². The number of carbonyl (C=O) groups is 1. The zero-order valence-electron chi connectivity index (χ0n) is 14.0. The van der Waals surface area contributed by atoms with Gasteiger partial charge in [0.05, 0.1) is 12.5 Å². The highest BCUT2D eigenvalue weighted by molar-refractivity contribution is 7.92. The zero-order chi connectivity index (χ0) is 18.9. The number of nitrogens with zero attached hydrogens (tertiary/aromatic N) is 1. The molecular weight excluding hydrogens is 360 g/mol. The average molecular weight is 376 g/mol. The highest BCUT2D eigenvalue weighted by Crippen LogP contribution is 2.30. The highest BCUT2D eigenvalue weighted by Gasteiger charge is 2.24. The van der Waals surface area contributed by atoms with Crippen LogP contribution in [-0.4, -0.2) is 31.8 Å². The largest absolute Gasteiger partial charge is 0.495 e. The first-order chi connectivity index (χ1) is 12.4. The van der Waals surface area contributed by atoms with E-state index < -0.39 is 16.0 Å². The van der Waals surface area contributed by atoms with Gasteiger partial charge >= 0.3 is 5.97 Å². The number of benzene rings is 2. The molecule has 0 spiro atoms. The molecule has 3 aromatic rings. The van der Waals surface area contributed by atoms with Crippen molar-refractivity contribution in [2.75, 3.05) is 11.8 Å². The second-order valence-corrected chi connectivity index (χ2v) is 7.11. The summed E-state index contributed by atoms with van der Waals surface area (Å²) in [5.74, 6) is -1.10. The number of aryl methyl sites for hydroxylation is 1. The lowest BCUT2D eigenvalue weighted by Gasteiger charge is -2.11. The smallest absolute Gasteiger partial charge is 0.339 e. The molecule has 0 aliphatic carbocycles. The molecule has 0 unspecified atom stereocenters. The van der Waals surface area contributed by atoms with Gasteiger partial charge in [0, 0.05) is 0 Å². The van der Waals surface area contributed by atoms with Crippen molar-refractivity contribution in [1.82, 2.24) is 5.16 Å². The number of hydrogen-bond donors (Lipinski definition) is 2. The van der Waals surface area contributed by atoms with Gasteiger partial charge in [0.1, 0.15) is 16.2 Å². The summed E-state index contributed by atoms with van der Waals surface area (Å²) in [5, 5.41) is 13.1. The molecule has 0 saturated carbocycles. The van der Waals surface area contributed by atoms with Gasteiger partial charge in [0.2, 0.25) is 0 Å². The summed E-state index contributed by atoms with van der Waals surface area (Å²) >= 11 is 0. The van der Waals surface area contributed by atoms with Crippen molar-refractivity contribution in [2.24, 2.45) is 0 Å². The fraction of sp³-hybridized carbons (Fsp3) is 0.176. The Balaban J connectivity index is 2.08. The third-order valence-electron chi connectivity index (χ3n) is 3.89. The molecule has 26 heavy (non-hydrogen) atoms. The van der Waals surface area contributed by atoms with Crippen molar-refractivity contribution >= 4 is 32.8 Å². The van der Waals surface area contributed by atoms with E-state index in [9.17, 15) is 18.3 Å². The van der Waals surface area contributed by atoms with E-state index in [4.69, 9.17) is 9.26 Å². The number of para-hydroxylation sites is 1. The molecule has 1 aromatic heterocycles. The minimum Gasteiger partial charge on any atom is -0.495 e. The number of carboxylic acids is 1. The topological polar surface area (TPSA) is 119 Å². The predicted molar refractivity (Wildman–Crippen MR) is 94.1 cm³/mol. The number of carboxylic acid groups (broad SMARTS) is 1. The molecule has 0 fully saturated rings. The van der Waals surface area contributed by atoms with Gasteiger partial charge in [0.15, 0.2) is 11.4 Å². The minimum atomic E-state index is -4.03. The summed E-state index contributed by atoms with van der Waals surface area (Å²) in [7, 11) is -2.65. The van der Waals surface area contributed by atoms with Crippen molar-refractivity contribution in [3.8, 4) is 5.75 Å². The molecule has 2 aromatic carbocycles. The molecule has 9 heteroatoms. The van der Waals surface area contributed by atoms with Gasteiger partial charge in [-0.25, -0.2) is 13.2 Å². The number of rotatable bonds is 6. The molecule has 2 N–H and O–H groups in total. The normalized spacial score (nSPS) is 11.5. The van der Waals surface area contributed by atoms with Crippen LogP contribution in [0, 0.1) is 0 Å². The second-order valence-electron chi connectivity index (χ2n) is 5.46. The Kier molecular flexibility index (Phi) is 4.56. The maximum atomic E-state index is 12.8. The Morgan fingerprint density at radius 1 is 1.31 bits per heavy atom. The lowest BCUT2D eigenvalue weighted by molar-refractivity contribution is 0.0697. The Hall–Kier alpha value is -3.07. The molecule has 0 radical (unpaired) electrons. The molecule has 3 rings (SSSR count). The van der Waals surface area contributed by atoms with Crippen molar-refractivity contribution < 1.29 is 27.6 Å². The lowest BCUT2D eigenvalue weighted by Crippen LogP contribution is -2.15. The molecule has 0 amide bonds. The number of anilines is 1. The fourth-order valence-electron chi connectivity index (χ4n) is 2.54. The zero-order valence-corrected chi connectivity index (χ0v) is 14.8. The number of aromatic nitrogens is 1. The van der Waals surface area contributed by atoms with E-state index in [0.717, 1.165) is 5.56 Å². The van der Waals surface area contributed by atoms with E-state index in [2.05, 4.69) is 9.88 Å². The van der Waals surface area contributed by atoms with Crippen LogP contribution in [0.4, 0.5) is 5.82 Å². The number of fused-ring (bicyclic) bond motifs is 1. The summed E-state index contributed by atoms with van der Waals surface area (Å²) in [6.07, 6.45) is 0.654. The summed E-state index contributed by atoms with van der Waals surface area (Å²) in [5.41, 5.74) is 0.710. The predicted octanol–water partition coefficient (Wildman–Crippen LogP) is 2.90. The van der Waals surface area contributed by atoms with E-state index in [1.165, 1.54) is 31.4 Å². The van der Waals surface area contributed by atoms with Crippen LogP contribution in [0.2, 0.25) is 0 Å². The SMILES string of the molecule is CCc1ccc(OC)c(S(=O)(=O)Nc2noc3c(C(=O)O)cccc23)c1. The van der Waals surface area contributed by atoms with Crippen LogP contribution in [0.1, 0.15) is 22.8 Å². The van der Waals surface area contributed by atoms with E-state index in [0.29, 0.717) is 6.42 Å². The number of sulfonamides is 1.